The highest BCUT2D eigenvalue weighted by Crippen LogP contribution is 2.08. The van der Waals surface area contributed by atoms with Gasteiger partial charge in [0.05, 0.1) is 6.07 Å². The Kier molecular flexibility index (Phi) is 6.58. The first-order chi connectivity index (χ1) is 10.7. The first-order valence-corrected chi connectivity index (χ1v) is 7.44. The summed E-state index contributed by atoms with van der Waals surface area (Å²) in [6.45, 7) is 6.81. The lowest BCUT2D eigenvalue weighted by molar-refractivity contribution is -0.123. The van der Waals surface area contributed by atoms with E-state index in [4.69, 9.17) is 10.00 Å². The fourth-order valence-corrected chi connectivity index (χ4v) is 1.86. The third kappa shape index (κ3) is 7.32. The van der Waals surface area contributed by atoms with Crippen LogP contribution in [-0.2, 0) is 16.0 Å². The summed E-state index contributed by atoms with van der Waals surface area (Å²) >= 11 is 0. The molecule has 0 bridgehead atoms. The molecule has 0 saturated heterocycles. The highest BCUT2D eigenvalue weighted by molar-refractivity contribution is 5.86. The fourth-order valence-electron chi connectivity index (χ4n) is 1.86. The number of nitriles is 1. The van der Waals surface area contributed by atoms with E-state index in [-0.39, 0.29) is 0 Å². The molecule has 23 heavy (non-hydrogen) atoms. The van der Waals surface area contributed by atoms with Gasteiger partial charge in [0, 0.05) is 6.42 Å². The minimum Gasteiger partial charge on any atom is -0.444 e. The number of ether oxygens (including phenoxy) is 1. The van der Waals surface area contributed by atoms with E-state index in [1.807, 2.05) is 36.4 Å². The van der Waals surface area contributed by atoms with Crippen molar-refractivity contribution in [3.8, 4) is 6.07 Å². The van der Waals surface area contributed by atoms with Crippen LogP contribution in [0.2, 0.25) is 0 Å². The van der Waals surface area contributed by atoms with Crippen LogP contribution in [0, 0.1) is 11.3 Å². The average molecular weight is 317 g/mol. The topological polar surface area (TPSA) is 91.2 Å². The number of nitrogens with zero attached hydrogens (tertiary/aromatic N) is 1. The molecule has 6 heteroatoms. The summed E-state index contributed by atoms with van der Waals surface area (Å²) in [5.74, 6) is -0.422. The Hall–Kier alpha value is -2.55. The lowest BCUT2D eigenvalue weighted by atomic mass is 10.1. The number of amides is 2. The Morgan fingerprint density at radius 2 is 1.83 bits per heavy atom. The van der Waals surface area contributed by atoms with Crippen LogP contribution in [0.1, 0.15) is 33.3 Å². The van der Waals surface area contributed by atoms with Crippen molar-refractivity contribution in [1.29, 1.82) is 5.26 Å². The number of nitrogens with one attached hydrogen (secondary N) is 2. The molecular weight excluding hydrogens is 294 g/mol. The highest BCUT2D eigenvalue weighted by atomic mass is 16.6. The summed E-state index contributed by atoms with van der Waals surface area (Å²) in [4.78, 5) is 24.2. The number of carbonyl (C=O) groups is 2. The molecule has 0 saturated carbocycles. The third-order valence-electron chi connectivity index (χ3n) is 2.84. The first kappa shape index (κ1) is 18.5. The summed E-state index contributed by atoms with van der Waals surface area (Å²) in [6, 6.07) is 9.79. The van der Waals surface area contributed by atoms with E-state index >= 15 is 0 Å². The van der Waals surface area contributed by atoms with Crippen LogP contribution >= 0.6 is 0 Å². The number of hydrogen-bond donors (Lipinski definition) is 2. The predicted molar refractivity (Wildman–Crippen MR) is 86.5 cm³/mol. The van der Waals surface area contributed by atoms with Gasteiger partial charge in [-0.15, -0.1) is 0 Å². The second kappa shape index (κ2) is 8.18. The van der Waals surface area contributed by atoms with Crippen molar-refractivity contribution in [2.45, 2.75) is 51.8 Å². The third-order valence-corrected chi connectivity index (χ3v) is 2.84. The first-order valence-electron chi connectivity index (χ1n) is 7.44. The second-order valence-electron chi connectivity index (χ2n) is 6.25. The summed E-state index contributed by atoms with van der Waals surface area (Å²) in [7, 11) is 0. The molecule has 0 fully saturated rings. The number of rotatable bonds is 5. The van der Waals surface area contributed by atoms with E-state index in [2.05, 4.69) is 10.6 Å². The molecule has 6 nitrogen and oxygen atoms in total. The molecule has 2 unspecified atom stereocenters. The van der Waals surface area contributed by atoms with E-state index in [1.165, 1.54) is 0 Å². The van der Waals surface area contributed by atoms with Crippen LogP contribution in [0.5, 0.6) is 0 Å². The Balaban J connectivity index is 2.81. The van der Waals surface area contributed by atoms with Crippen LogP contribution in [-0.4, -0.2) is 29.7 Å². The molecule has 1 rings (SSSR count). The zero-order chi connectivity index (χ0) is 17.5. The molecule has 0 aromatic heterocycles. The van der Waals surface area contributed by atoms with E-state index in [1.54, 1.807) is 27.7 Å². The van der Waals surface area contributed by atoms with Crippen molar-refractivity contribution in [2.75, 3.05) is 0 Å². The fraction of sp³-hybridized carbons (Fsp3) is 0.471. The average Bonchev–Trinajstić information content (AvgIpc) is 2.45. The molecule has 0 aliphatic carbocycles. The van der Waals surface area contributed by atoms with Crippen molar-refractivity contribution >= 4 is 12.0 Å². The second-order valence-corrected chi connectivity index (χ2v) is 6.25. The Morgan fingerprint density at radius 1 is 1.22 bits per heavy atom. The van der Waals surface area contributed by atoms with E-state index < -0.39 is 29.7 Å². The Labute approximate surface area is 136 Å². The molecule has 0 radical (unpaired) electrons. The maximum atomic E-state index is 12.3. The van der Waals surface area contributed by atoms with Gasteiger partial charge in [0.2, 0.25) is 5.91 Å². The van der Waals surface area contributed by atoms with Gasteiger partial charge in [0.15, 0.2) is 0 Å². The van der Waals surface area contributed by atoms with Gasteiger partial charge in [-0.05, 0) is 33.3 Å². The van der Waals surface area contributed by atoms with Crippen LogP contribution < -0.4 is 10.6 Å². The number of benzene rings is 1. The zero-order valence-electron chi connectivity index (χ0n) is 13.9. The summed E-state index contributed by atoms with van der Waals surface area (Å²) in [5.41, 5.74) is 0.242. The minimum atomic E-state index is -0.817. The highest BCUT2D eigenvalue weighted by Gasteiger charge is 2.25. The summed E-state index contributed by atoms with van der Waals surface area (Å²) in [5, 5.41) is 13.9. The molecule has 0 aliphatic heterocycles. The van der Waals surface area contributed by atoms with Crippen LogP contribution in [0.15, 0.2) is 30.3 Å². The minimum absolute atomic E-state index is 0.310. The van der Waals surface area contributed by atoms with E-state index in [9.17, 15) is 9.59 Å². The smallest absolute Gasteiger partial charge is 0.408 e. The van der Waals surface area contributed by atoms with E-state index in [0.717, 1.165) is 5.56 Å². The van der Waals surface area contributed by atoms with Crippen molar-refractivity contribution in [3.05, 3.63) is 35.9 Å². The van der Waals surface area contributed by atoms with Gasteiger partial charge in [-0.2, -0.15) is 5.26 Å². The van der Waals surface area contributed by atoms with Crippen molar-refractivity contribution in [1.82, 2.24) is 10.6 Å². The zero-order valence-corrected chi connectivity index (χ0v) is 13.9. The monoisotopic (exact) mass is 317 g/mol. The van der Waals surface area contributed by atoms with Gasteiger partial charge in [-0.1, -0.05) is 30.3 Å². The van der Waals surface area contributed by atoms with Crippen LogP contribution in [0.3, 0.4) is 0 Å². The van der Waals surface area contributed by atoms with Gasteiger partial charge in [-0.25, -0.2) is 4.79 Å². The summed E-state index contributed by atoms with van der Waals surface area (Å²) in [6.07, 6.45) is -0.359. The molecular formula is C17H23N3O3. The number of carbonyl (C=O) groups excluding carboxylic acids is 2. The molecule has 1 aromatic rings. The quantitative estimate of drug-likeness (QED) is 0.870. The normalized spacial score (nSPS) is 13.3. The van der Waals surface area contributed by atoms with E-state index in [0.29, 0.717) is 6.42 Å². The molecule has 0 heterocycles. The number of hydrogen-bond acceptors (Lipinski definition) is 4. The predicted octanol–water partition coefficient (Wildman–Crippen LogP) is 2.15. The van der Waals surface area contributed by atoms with Crippen LogP contribution in [0.25, 0.3) is 0 Å². The number of alkyl carbamates (subject to hydrolysis) is 1. The van der Waals surface area contributed by atoms with Gasteiger partial charge >= 0.3 is 6.09 Å². The van der Waals surface area contributed by atoms with Crippen LogP contribution in [0.4, 0.5) is 4.79 Å². The van der Waals surface area contributed by atoms with Gasteiger partial charge in [0.25, 0.3) is 0 Å². The molecule has 1 aromatic carbocycles. The molecule has 0 spiro atoms. The maximum Gasteiger partial charge on any atom is 0.408 e. The Bertz CT molecular complexity index is 573. The lowest BCUT2D eigenvalue weighted by Gasteiger charge is -2.23. The standard InChI is InChI=1S/C17H23N3O3/c1-12(11-18)19-15(21)14(10-13-8-6-5-7-9-13)20-16(22)23-17(2,3)4/h5-9,12,14H,10H2,1-4H3,(H,19,21)(H,20,22). The van der Waals surface area contributed by atoms with Gasteiger partial charge < -0.3 is 15.4 Å². The maximum absolute atomic E-state index is 12.3. The molecule has 2 amide bonds. The lowest BCUT2D eigenvalue weighted by Crippen LogP contribution is -2.51. The summed E-state index contributed by atoms with van der Waals surface area (Å²) < 4.78 is 5.19. The van der Waals surface area contributed by atoms with Crippen molar-refractivity contribution in [2.24, 2.45) is 0 Å². The van der Waals surface area contributed by atoms with Crippen molar-refractivity contribution in [3.63, 3.8) is 0 Å². The largest absolute Gasteiger partial charge is 0.444 e. The molecule has 0 aliphatic rings. The SMILES string of the molecule is CC(C#N)NC(=O)C(Cc1ccccc1)NC(=O)OC(C)(C)C. The Morgan fingerprint density at radius 3 is 2.35 bits per heavy atom. The van der Waals surface area contributed by atoms with Gasteiger partial charge in [-0.3, -0.25) is 4.79 Å². The van der Waals surface area contributed by atoms with Gasteiger partial charge in [0.1, 0.15) is 17.7 Å². The molecule has 2 N–H and O–H groups in total. The van der Waals surface area contributed by atoms with Crippen molar-refractivity contribution < 1.29 is 14.3 Å². The molecule has 124 valence electrons. The molecule has 2 atom stereocenters.